The molecule has 1 saturated carbocycles. The number of ether oxygens (including phenoxy) is 3. The third-order valence-electron chi connectivity index (χ3n) is 7.76. The van der Waals surface area contributed by atoms with E-state index >= 15 is 0 Å². The normalized spacial score (nSPS) is 22.3. The first-order valence-corrected chi connectivity index (χ1v) is 13.1. The molecule has 0 spiro atoms. The van der Waals surface area contributed by atoms with Crippen LogP contribution < -0.4 is 20.3 Å². The van der Waals surface area contributed by atoms with E-state index in [2.05, 4.69) is 25.2 Å². The molecule has 0 atom stereocenters. The van der Waals surface area contributed by atoms with Gasteiger partial charge in [0.1, 0.15) is 12.4 Å². The number of pyridine rings is 3. The van der Waals surface area contributed by atoms with Crippen molar-refractivity contribution in [2.24, 2.45) is 0 Å². The number of hydrogen-bond acceptors (Lipinski definition) is 9. The van der Waals surface area contributed by atoms with Crippen LogP contribution in [0.3, 0.4) is 0 Å². The van der Waals surface area contributed by atoms with Crippen molar-refractivity contribution in [3.8, 4) is 11.5 Å². The summed E-state index contributed by atoms with van der Waals surface area (Å²) in [6.45, 7) is 1.92. The number of nitrogens with zero attached hydrogens (tertiary/aromatic N) is 3. The number of rotatable bonds is 9. The standard InChI is InChI=1S/C27H31N5O6/c33-9-10-36-20-12-22-21(28-13-20)11-17(26(35)30-22)5-8-32(27-6-3-19(4-7-27)38-16-27)14-18-1-2-23-25(29-18)31-24(34)15-37-23/h1-2,11-13,19,33H,3-10,14-16H2,(H,30,35)(H,29,31,34). The number of carbonyl (C=O) groups is 1. The van der Waals surface area contributed by atoms with Crippen LogP contribution in [0.2, 0.25) is 0 Å². The highest BCUT2D eigenvalue weighted by Crippen LogP contribution is 2.41. The van der Waals surface area contributed by atoms with Gasteiger partial charge in [-0.3, -0.25) is 19.5 Å². The molecule has 3 aliphatic heterocycles. The quantitative estimate of drug-likeness (QED) is 0.384. The van der Waals surface area contributed by atoms with Gasteiger partial charge in [-0.15, -0.1) is 0 Å². The molecule has 11 heteroatoms. The predicted molar refractivity (Wildman–Crippen MR) is 138 cm³/mol. The van der Waals surface area contributed by atoms with Crippen LogP contribution in [-0.4, -0.2) is 75.5 Å². The van der Waals surface area contributed by atoms with Gasteiger partial charge in [-0.25, -0.2) is 4.98 Å². The first kappa shape index (κ1) is 24.8. The summed E-state index contributed by atoms with van der Waals surface area (Å²) >= 11 is 0. The Bertz CT molecular complexity index is 1390. The highest BCUT2D eigenvalue weighted by molar-refractivity contribution is 5.94. The monoisotopic (exact) mass is 521 g/mol. The number of H-pyrrole nitrogens is 1. The number of carbonyl (C=O) groups excluding carboxylic acids is 1. The Hall–Kier alpha value is -3.54. The maximum absolute atomic E-state index is 13.0. The molecule has 3 N–H and O–H groups in total. The molecule has 0 unspecified atom stereocenters. The van der Waals surface area contributed by atoms with E-state index in [0.29, 0.717) is 66.1 Å². The fraction of sp³-hybridized carbons (Fsp3) is 0.481. The van der Waals surface area contributed by atoms with Crippen molar-refractivity contribution in [3.63, 3.8) is 0 Å². The Morgan fingerprint density at radius 1 is 1.21 bits per heavy atom. The highest BCUT2D eigenvalue weighted by Gasteiger charge is 2.45. The number of amides is 1. The van der Waals surface area contributed by atoms with Gasteiger partial charge in [-0.2, -0.15) is 0 Å². The second-order valence-electron chi connectivity index (χ2n) is 10.2. The third-order valence-corrected chi connectivity index (χ3v) is 7.76. The predicted octanol–water partition coefficient (Wildman–Crippen LogP) is 1.78. The van der Waals surface area contributed by atoms with Crippen molar-refractivity contribution in [2.75, 3.05) is 38.3 Å². The lowest BCUT2D eigenvalue weighted by Gasteiger charge is -2.52. The fourth-order valence-corrected chi connectivity index (χ4v) is 5.68. The largest absolute Gasteiger partial charge is 0.490 e. The number of anilines is 1. The van der Waals surface area contributed by atoms with Gasteiger partial charge in [-0.05, 0) is 50.3 Å². The molecular weight excluding hydrogens is 490 g/mol. The molecule has 6 heterocycles. The SMILES string of the molecule is O=C1COc2ccc(CN(CCc3cc4ncc(OCCO)cc4[nH]c3=O)C34CCC(CC3)OC4)nc2N1. The van der Waals surface area contributed by atoms with E-state index in [-0.39, 0.29) is 36.8 Å². The smallest absolute Gasteiger partial charge is 0.263 e. The lowest BCUT2D eigenvalue weighted by molar-refractivity contribution is -0.138. The lowest BCUT2D eigenvalue weighted by Crippen LogP contribution is -2.59. The molecule has 0 aromatic carbocycles. The van der Waals surface area contributed by atoms with Crippen molar-refractivity contribution in [3.05, 3.63) is 52.1 Å². The minimum Gasteiger partial charge on any atom is -0.490 e. The van der Waals surface area contributed by atoms with E-state index in [9.17, 15) is 9.59 Å². The van der Waals surface area contributed by atoms with Crippen molar-refractivity contribution >= 4 is 22.8 Å². The maximum Gasteiger partial charge on any atom is 0.263 e. The number of aromatic nitrogens is 3. The zero-order valence-electron chi connectivity index (χ0n) is 21.1. The van der Waals surface area contributed by atoms with E-state index in [0.717, 1.165) is 31.4 Å². The van der Waals surface area contributed by atoms with E-state index in [1.54, 1.807) is 12.3 Å². The lowest BCUT2D eigenvalue weighted by atomic mass is 9.76. The van der Waals surface area contributed by atoms with Crippen molar-refractivity contribution in [2.45, 2.75) is 50.3 Å². The molecule has 3 fully saturated rings. The molecule has 11 nitrogen and oxygen atoms in total. The van der Waals surface area contributed by atoms with Gasteiger partial charge < -0.3 is 29.6 Å². The van der Waals surface area contributed by atoms with Crippen LogP contribution in [0.1, 0.15) is 36.9 Å². The maximum atomic E-state index is 13.0. The second kappa shape index (κ2) is 10.3. The molecule has 7 rings (SSSR count). The Labute approximate surface area is 219 Å². The molecule has 3 aromatic rings. The van der Waals surface area contributed by atoms with Gasteiger partial charge in [-0.1, -0.05) is 0 Å². The van der Waals surface area contributed by atoms with Gasteiger partial charge in [0.2, 0.25) is 0 Å². The van der Waals surface area contributed by atoms with Crippen LogP contribution in [0.4, 0.5) is 5.82 Å². The molecule has 4 aliphatic rings. The topological polar surface area (TPSA) is 139 Å². The summed E-state index contributed by atoms with van der Waals surface area (Å²) in [5.74, 6) is 1.29. The van der Waals surface area contributed by atoms with Crippen LogP contribution in [-0.2, 0) is 22.5 Å². The zero-order chi connectivity index (χ0) is 26.1. The molecule has 1 aliphatic carbocycles. The summed E-state index contributed by atoms with van der Waals surface area (Å²) in [5.41, 5.74) is 2.46. The Balaban J connectivity index is 1.24. The summed E-state index contributed by atoms with van der Waals surface area (Å²) in [7, 11) is 0. The number of aliphatic hydroxyl groups excluding tert-OH is 1. The minimum atomic E-state index is -0.215. The average Bonchev–Trinajstić information content (AvgIpc) is 2.94. The summed E-state index contributed by atoms with van der Waals surface area (Å²) in [4.78, 5) is 39.2. The van der Waals surface area contributed by atoms with Gasteiger partial charge in [0, 0.05) is 30.3 Å². The number of aliphatic hydroxyl groups is 1. The first-order valence-electron chi connectivity index (χ1n) is 13.1. The van der Waals surface area contributed by atoms with Crippen LogP contribution >= 0.6 is 0 Å². The molecule has 0 radical (unpaired) electrons. The number of aromatic amines is 1. The summed E-state index contributed by atoms with van der Waals surface area (Å²) < 4.78 is 17.0. The summed E-state index contributed by atoms with van der Waals surface area (Å²) in [6, 6.07) is 7.33. The zero-order valence-corrected chi connectivity index (χ0v) is 21.1. The highest BCUT2D eigenvalue weighted by atomic mass is 16.5. The molecule has 2 bridgehead atoms. The average molecular weight is 522 g/mol. The summed E-state index contributed by atoms with van der Waals surface area (Å²) in [5, 5.41) is 11.8. The number of fused-ring (bicyclic) bond motifs is 5. The molecular formula is C27H31N5O6. The summed E-state index contributed by atoms with van der Waals surface area (Å²) in [6.07, 6.45) is 6.59. The molecule has 2 saturated heterocycles. The van der Waals surface area contributed by atoms with E-state index in [4.69, 9.17) is 19.3 Å². The van der Waals surface area contributed by atoms with E-state index < -0.39 is 0 Å². The van der Waals surface area contributed by atoms with Crippen molar-refractivity contribution < 1.29 is 24.1 Å². The van der Waals surface area contributed by atoms with Crippen LogP contribution in [0.15, 0.2) is 35.3 Å². The van der Waals surface area contributed by atoms with Crippen molar-refractivity contribution in [1.29, 1.82) is 0 Å². The Morgan fingerprint density at radius 2 is 2.08 bits per heavy atom. The number of nitrogens with one attached hydrogen (secondary N) is 2. The van der Waals surface area contributed by atoms with E-state index in [1.807, 2.05) is 18.2 Å². The molecule has 3 aromatic heterocycles. The van der Waals surface area contributed by atoms with Crippen LogP contribution in [0, 0.1) is 0 Å². The Kier molecular flexibility index (Phi) is 6.73. The third kappa shape index (κ3) is 4.96. The molecule has 200 valence electrons. The van der Waals surface area contributed by atoms with Crippen molar-refractivity contribution in [1.82, 2.24) is 19.9 Å². The second-order valence-corrected chi connectivity index (χ2v) is 10.2. The van der Waals surface area contributed by atoms with Gasteiger partial charge in [0.05, 0.1) is 42.2 Å². The van der Waals surface area contributed by atoms with Crippen LogP contribution in [0.5, 0.6) is 11.5 Å². The molecule has 38 heavy (non-hydrogen) atoms. The van der Waals surface area contributed by atoms with Crippen LogP contribution in [0.25, 0.3) is 11.0 Å². The Morgan fingerprint density at radius 3 is 2.87 bits per heavy atom. The van der Waals surface area contributed by atoms with Gasteiger partial charge in [0.15, 0.2) is 18.2 Å². The fourth-order valence-electron chi connectivity index (χ4n) is 5.68. The molecule has 1 amide bonds. The first-order chi connectivity index (χ1) is 18.5. The number of hydrogen-bond donors (Lipinski definition) is 3. The van der Waals surface area contributed by atoms with Gasteiger partial charge in [0.25, 0.3) is 11.5 Å². The van der Waals surface area contributed by atoms with E-state index in [1.165, 1.54) is 0 Å². The minimum absolute atomic E-state index is 0.00603. The van der Waals surface area contributed by atoms with Gasteiger partial charge >= 0.3 is 0 Å².